The molecule has 0 heterocycles. The van der Waals surface area contributed by atoms with E-state index >= 15 is 0 Å². The fourth-order valence-electron chi connectivity index (χ4n) is 1.11. The first-order valence-electron chi connectivity index (χ1n) is 5.22. The molecule has 0 saturated heterocycles. The van der Waals surface area contributed by atoms with E-state index in [1.165, 1.54) is 12.8 Å². The topological polar surface area (TPSA) is 41.1 Å². The highest BCUT2D eigenvalue weighted by Crippen LogP contribution is 2.27. The van der Waals surface area contributed by atoms with Crippen molar-refractivity contribution in [3.63, 3.8) is 0 Å². The zero-order valence-electron chi connectivity index (χ0n) is 9.01. The fourth-order valence-corrected chi connectivity index (χ4v) is 1.40. The van der Waals surface area contributed by atoms with Crippen LogP contribution in [0, 0.1) is 5.92 Å². The van der Waals surface area contributed by atoms with Crippen molar-refractivity contribution in [3.05, 3.63) is 0 Å². The Hall–Kier alpha value is -0.220. The van der Waals surface area contributed by atoms with E-state index < -0.39 is 0 Å². The van der Waals surface area contributed by atoms with Gasteiger partial charge in [-0.2, -0.15) is 11.8 Å². The van der Waals surface area contributed by atoms with Crippen LogP contribution in [0.1, 0.15) is 19.8 Å². The second kappa shape index (κ2) is 6.30. The Morgan fingerprint density at radius 2 is 2.29 bits per heavy atom. The summed E-state index contributed by atoms with van der Waals surface area (Å²) >= 11 is 1.81. The van der Waals surface area contributed by atoms with Gasteiger partial charge in [-0.05, 0) is 25.0 Å². The van der Waals surface area contributed by atoms with Gasteiger partial charge in [-0.3, -0.25) is 4.79 Å². The van der Waals surface area contributed by atoms with Gasteiger partial charge in [-0.25, -0.2) is 0 Å². The molecule has 0 aliphatic heterocycles. The van der Waals surface area contributed by atoms with Crippen molar-refractivity contribution in [2.24, 2.45) is 5.92 Å². The number of carbonyl (C=O) groups excluding carboxylic acids is 1. The summed E-state index contributed by atoms with van der Waals surface area (Å²) in [5.41, 5.74) is 0. The maximum absolute atomic E-state index is 11.3. The fraction of sp³-hybridized carbons (Fsp3) is 0.900. The van der Waals surface area contributed by atoms with E-state index in [1.54, 1.807) is 0 Å². The third kappa shape index (κ3) is 5.50. The van der Waals surface area contributed by atoms with Gasteiger partial charge in [0.25, 0.3) is 0 Å². The molecule has 0 aromatic rings. The van der Waals surface area contributed by atoms with Crippen molar-refractivity contribution >= 4 is 17.7 Å². The molecule has 0 spiro atoms. The summed E-state index contributed by atoms with van der Waals surface area (Å²) in [6.07, 6.45) is 4.66. The highest BCUT2D eigenvalue weighted by atomic mass is 32.2. The molecular formula is C10H20N2OS. The van der Waals surface area contributed by atoms with Crippen molar-refractivity contribution < 1.29 is 4.79 Å². The molecule has 1 atom stereocenters. The summed E-state index contributed by atoms with van der Waals surface area (Å²) in [5, 5.41) is 6.65. The van der Waals surface area contributed by atoms with E-state index in [2.05, 4.69) is 23.8 Å². The zero-order valence-corrected chi connectivity index (χ0v) is 9.82. The van der Waals surface area contributed by atoms with E-state index in [1.807, 2.05) is 11.8 Å². The average Bonchev–Trinajstić information content (AvgIpc) is 2.98. The van der Waals surface area contributed by atoms with Gasteiger partial charge >= 0.3 is 0 Å². The van der Waals surface area contributed by atoms with Gasteiger partial charge in [0.2, 0.25) is 5.91 Å². The summed E-state index contributed by atoms with van der Waals surface area (Å²) < 4.78 is 0. The summed E-state index contributed by atoms with van der Waals surface area (Å²) in [6, 6.07) is 0. The van der Waals surface area contributed by atoms with Gasteiger partial charge in [-0.15, -0.1) is 0 Å². The first-order valence-corrected chi connectivity index (χ1v) is 6.51. The predicted molar refractivity (Wildman–Crippen MR) is 61.6 cm³/mol. The standard InChI is InChI=1S/C10H20N2OS/c1-8(14-2)5-11-7-10(13)12-6-9-3-4-9/h8-9,11H,3-7H2,1-2H3,(H,12,13). The molecule has 3 nitrogen and oxygen atoms in total. The Bertz CT molecular complexity index is 183. The second-order valence-electron chi connectivity index (χ2n) is 3.92. The largest absolute Gasteiger partial charge is 0.355 e. The van der Waals surface area contributed by atoms with Crippen molar-refractivity contribution in [3.8, 4) is 0 Å². The highest BCUT2D eigenvalue weighted by molar-refractivity contribution is 7.99. The molecule has 82 valence electrons. The van der Waals surface area contributed by atoms with Crippen LogP contribution in [0.4, 0.5) is 0 Å². The van der Waals surface area contributed by atoms with E-state index in [9.17, 15) is 4.79 Å². The lowest BCUT2D eigenvalue weighted by Crippen LogP contribution is -2.36. The third-order valence-corrected chi connectivity index (χ3v) is 3.38. The predicted octanol–water partition coefficient (Wildman–Crippen LogP) is 0.854. The van der Waals surface area contributed by atoms with Crippen molar-refractivity contribution in [2.45, 2.75) is 25.0 Å². The van der Waals surface area contributed by atoms with Crippen LogP contribution in [-0.4, -0.2) is 37.0 Å². The summed E-state index contributed by atoms with van der Waals surface area (Å²) in [5.74, 6) is 0.897. The van der Waals surface area contributed by atoms with Gasteiger partial charge in [-0.1, -0.05) is 6.92 Å². The van der Waals surface area contributed by atoms with Crippen LogP contribution in [0.25, 0.3) is 0 Å². The van der Waals surface area contributed by atoms with Crippen LogP contribution >= 0.6 is 11.8 Å². The Morgan fingerprint density at radius 3 is 2.86 bits per heavy atom. The maximum Gasteiger partial charge on any atom is 0.233 e. The van der Waals surface area contributed by atoms with Gasteiger partial charge in [0.05, 0.1) is 6.54 Å². The van der Waals surface area contributed by atoms with Crippen LogP contribution in [0.5, 0.6) is 0 Å². The lowest BCUT2D eigenvalue weighted by molar-refractivity contribution is -0.120. The van der Waals surface area contributed by atoms with Gasteiger partial charge in [0.1, 0.15) is 0 Å². The quantitative estimate of drug-likeness (QED) is 0.663. The zero-order chi connectivity index (χ0) is 10.4. The molecule has 4 heteroatoms. The van der Waals surface area contributed by atoms with E-state index in [0.717, 1.165) is 19.0 Å². The molecule has 1 unspecified atom stereocenters. The van der Waals surface area contributed by atoms with E-state index in [4.69, 9.17) is 0 Å². The molecule has 1 saturated carbocycles. The van der Waals surface area contributed by atoms with Crippen LogP contribution < -0.4 is 10.6 Å². The van der Waals surface area contributed by atoms with Crippen LogP contribution in [0.3, 0.4) is 0 Å². The van der Waals surface area contributed by atoms with Crippen molar-refractivity contribution in [1.82, 2.24) is 10.6 Å². The molecule has 0 aromatic carbocycles. The van der Waals surface area contributed by atoms with Crippen molar-refractivity contribution in [1.29, 1.82) is 0 Å². The Kier molecular flexibility index (Phi) is 5.33. The maximum atomic E-state index is 11.3. The van der Waals surface area contributed by atoms with Gasteiger partial charge in [0, 0.05) is 18.3 Å². The second-order valence-corrected chi connectivity index (χ2v) is 5.20. The molecule has 1 aliphatic carbocycles. The number of amides is 1. The lowest BCUT2D eigenvalue weighted by atomic mass is 10.4. The minimum absolute atomic E-state index is 0.130. The lowest BCUT2D eigenvalue weighted by Gasteiger charge is -2.09. The number of carbonyl (C=O) groups is 1. The van der Waals surface area contributed by atoms with E-state index in [-0.39, 0.29) is 5.91 Å². The van der Waals surface area contributed by atoms with Crippen LogP contribution in [-0.2, 0) is 4.79 Å². The number of hydrogen-bond acceptors (Lipinski definition) is 3. The average molecular weight is 216 g/mol. The number of nitrogens with one attached hydrogen (secondary N) is 2. The Labute approximate surface area is 90.4 Å². The van der Waals surface area contributed by atoms with Gasteiger partial charge in [0.15, 0.2) is 0 Å². The molecule has 14 heavy (non-hydrogen) atoms. The van der Waals surface area contributed by atoms with Gasteiger partial charge < -0.3 is 10.6 Å². The van der Waals surface area contributed by atoms with E-state index in [0.29, 0.717) is 11.8 Å². The van der Waals surface area contributed by atoms with Crippen molar-refractivity contribution in [2.75, 3.05) is 25.9 Å². The molecule has 0 aromatic heterocycles. The summed E-state index contributed by atoms with van der Waals surface area (Å²) in [4.78, 5) is 11.3. The summed E-state index contributed by atoms with van der Waals surface area (Å²) in [7, 11) is 0. The Balaban J connectivity index is 1.91. The van der Waals surface area contributed by atoms with Crippen LogP contribution in [0.2, 0.25) is 0 Å². The number of rotatable bonds is 7. The molecule has 0 radical (unpaired) electrons. The number of thioether (sulfide) groups is 1. The molecule has 1 amide bonds. The summed E-state index contributed by atoms with van der Waals surface area (Å²) in [6.45, 7) is 4.38. The molecule has 2 N–H and O–H groups in total. The molecule has 1 aliphatic rings. The normalized spacial score (nSPS) is 17.9. The van der Waals surface area contributed by atoms with Crippen LogP contribution in [0.15, 0.2) is 0 Å². The smallest absolute Gasteiger partial charge is 0.233 e. The molecule has 0 bridgehead atoms. The first kappa shape index (κ1) is 11.9. The molecule has 1 rings (SSSR count). The number of hydrogen-bond donors (Lipinski definition) is 2. The minimum Gasteiger partial charge on any atom is -0.355 e. The SMILES string of the molecule is CSC(C)CNCC(=O)NCC1CC1. The highest BCUT2D eigenvalue weighted by Gasteiger charge is 2.21. The minimum atomic E-state index is 0.130. The third-order valence-electron chi connectivity index (χ3n) is 2.40. The Morgan fingerprint density at radius 1 is 1.57 bits per heavy atom. The molecule has 1 fully saturated rings. The first-order chi connectivity index (χ1) is 6.72. The monoisotopic (exact) mass is 216 g/mol. The molecular weight excluding hydrogens is 196 g/mol.